The van der Waals surface area contributed by atoms with Gasteiger partial charge in [-0.15, -0.1) is 0 Å². The van der Waals surface area contributed by atoms with Crippen molar-refractivity contribution in [1.29, 1.82) is 0 Å². The third-order valence-corrected chi connectivity index (χ3v) is 3.83. The van der Waals surface area contributed by atoms with Crippen molar-refractivity contribution >= 4 is 35.0 Å². The number of para-hydroxylation sites is 1. The Morgan fingerprint density at radius 2 is 2.04 bits per heavy atom. The predicted octanol–water partition coefficient (Wildman–Crippen LogP) is 2.51. The summed E-state index contributed by atoms with van der Waals surface area (Å²) in [6, 6.07) is 9.29. The van der Waals surface area contributed by atoms with Crippen molar-refractivity contribution in [2.75, 3.05) is 18.2 Å². The molecule has 0 aliphatic heterocycles. The molecule has 9 heteroatoms. The molecular weight excluding hydrogens is 334 g/mol. The number of aromatic nitrogens is 1. The van der Waals surface area contributed by atoms with Crippen LogP contribution in [0.4, 0.5) is 11.4 Å². The fourth-order valence-corrected chi connectivity index (χ4v) is 2.41. The molecule has 1 N–H and O–H groups in total. The lowest BCUT2D eigenvalue weighted by atomic mass is 10.2. The molecule has 8 nitrogen and oxygen atoms in total. The number of benzene rings is 1. The molecule has 24 heavy (non-hydrogen) atoms. The minimum atomic E-state index is -0.546. The van der Waals surface area contributed by atoms with Crippen LogP contribution in [0.25, 0.3) is 0 Å². The molecule has 0 saturated heterocycles. The summed E-state index contributed by atoms with van der Waals surface area (Å²) in [5.41, 5.74) is 0.495. The van der Waals surface area contributed by atoms with E-state index in [-0.39, 0.29) is 22.9 Å². The van der Waals surface area contributed by atoms with Crippen LogP contribution in [0, 0.1) is 10.1 Å². The Hall–Kier alpha value is -2.94. The molecule has 2 rings (SSSR count). The second kappa shape index (κ2) is 8.06. The molecule has 0 saturated carbocycles. The van der Waals surface area contributed by atoms with Gasteiger partial charge in [-0.05, 0) is 18.2 Å². The quantitative estimate of drug-likeness (QED) is 0.370. The first-order valence-corrected chi connectivity index (χ1v) is 7.70. The van der Waals surface area contributed by atoms with E-state index in [1.165, 1.54) is 19.2 Å². The Balaban J connectivity index is 1.96. The van der Waals surface area contributed by atoms with E-state index >= 15 is 0 Å². The van der Waals surface area contributed by atoms with E-state index in [0.717, 1.165) is 18.0 Å². The van der Waals surface area contributed by atoms with Gasteiger partial charge in [0.1, 0.15) is 6.20 Å². The highest BCUT2D eigenvalue weighted by Gasteiger charge is 2.13. The van der Waals surface area contributed by atoms with E-state index in [9.17, 15) is 19.7 Å². The van der Waals surface area contributed by atoms with Gasteiger partial charge in [-0.1, -0.05) is 23.9 Å². The topological polar surface area (TPSA) is 111 Å². The number of amides is 1. The van der Waals surface area contributed by atoms with Gasteiger partial charge in [-0.25, -0.2) is 9.78 Å². The molecule has 2 aromatic rings. The maximum atomic E-state index is 12.0. The number of nitrogens with zero attached hydrogens (tertiary/aromatic N) is 2. The summed E-state index contributed by atoms with van der Waals surface area (Å²) in [7, 11) is 1.26. The Labute approximate surface area is 141 Å². The first kappa shape index (κ1) is 17.4. The van der Waals surface area contributed by atoms with Crippen molar-refractivity contribution in [3.05, 3.63) is 58.3 Å². The van der Waals surface area contributed by atoms with Crippen LogP contribution in [0.15, 0.2) is 47.6 Å². The Bertz CT molecular complexity index is 764. The average Bonchev–Trinajstić information content (AvgIpc) is 2.60. The number of thioether (sulfide) groups is 1. The van der Waals surface area contributed by atoms with Gasteiger partial charge in [-0.2, -0.15) is 0 Å². The van der Waals surface area contributed by atoms with Crippen molar-refractivity contribution in [3.8, 4) is 0 Å². The molecule has 0 spiro atoms. The predicted molar refractivity (Wildman–Crippen MR) is 88.0 cm³/mol. The number of esters is 1. The molecule has 1 aromatic carbocycles. The van der Waals surface area contributed by atoms with Crippen LogP contribution in [0.1, 0.15) is 10.4 Å². The molecule has 0 aliphatic rings. The van der Waals surface area contributed by atoms with Gasteiger partial charge in [0.15, 0.2) is 0 Å². The summed E-state index contributed by atoms with van der Waals surface area (Å²) in [6.07, 6.45) is 1.13. The molecule has 124 valence electrons. The maximum absolute atomic E-state index is 12.0. The number of carbonyl (C=O) groups is 2. The van der Waals surface area contributed by atoms with E-state index in [2.05, 4.69) is 15.0 Å². The van der Waals surface area contributed by atoms with Crippen LogP contribution in [-0.2, 0) is 9.53 Å². The van der Waals surface area contributed by atoms with Gasteiger partial charge in [-0.3, -0.25) is 14.9 Å². The summed E-state index contributed by atoms with van der Waals surface area (Å²) in [4.78, 5) is 37.6. The molecule has 0 atom stereocenters. The summed E-state index contributed by atoms with van der Waals surface area (Å²) >= 11 is 1.13. The van der Waals surface area contributed by atoms with Crippen LogP contribution in [0.2, 0.25) is 0 Å². The fourth-order valence-electron chi connectivity index (χ4n) is 1.77. The number of carbonyl (C=O) groups excluding carboxylic acids is 2. The molecule has 0 aliphatic carbocycles. The van der Waals surface area contributed by atoms with Crippen LogP contribution in [0.3, 0.4) is 0 Å². The number of hydrogen-bond donors (Lipinski definition) is 1. The van der Waals surface area contributed by atoms with Gasteiger partial charge < -0.3 is 10.1 Å². The van der Waals surface area contributed by atoms with Gasteiger partial charge in [0.2, 0.25) is 5.91 Å². The van der Waals surface area contributed by atoms with Crippen molar-refractivity contribution in [2.24, 2.45) is 0 Å². The normalized spacial score (nSPS) is 10.0. The number of hydrogen-bond acceptors (Lipinski definition) is 7. The van der Waals surface area contributed by atoms with E-state index < -0.39 is 10.9 Å². The van der Waals surface area contributed by atoms with Crippen molar-refractivity contribution in [1.82, 2.24) is 4.98 Å². The Kier molecular flexibility index (Phi) is 5.85. The first-order chi connectivity index (χ1) is 11.5. The minimum Gasteiger partial charge on any atom is -0.465 e. The van der Waals surface area contributed by atoms with E-state index in [1.807, 2.05) is 0 Å². The smallest absolute Gasteiger partial charge is 0.339 e. The Morgan fingerprint density at radius 1 is 1.29 bits per heavy atom. The minimum absolute atomic E-state index is 0.0420. The monoisotopic (exact) mass is 347 g/mol. The van der Waals surface area contributed by atoms with Gasteiger partial charge in [0.05, 0.1) is 34.1 Å². The van der Waals surface area contributed by atoms with Crippen LogP contribution < -0.4 is 5.32 Å². The molecule has 0 fully saturated rings. The molecule has 1 aromatic heterocycles. The Morgan fingerprint density at radius 3 is 2.67 bits per heavy atom. The maximum Gasteiger partial charge on any atom is 0.339 e. The van der Waals surface area contributed by atoms with E-state index in [1.54, 1.807) is 24.3 Å². The summed E-state index contributed by atoms with van der Waals surface area (Å²) in [5, 5.41) is 13.7. The molecule has 0 unspecified atom stereocenters. The highest BCUT2D eigenvalue weighted by atomic mass is 32.2. The lowest BCUT2D eigenvalue weighted by Gasteiger charge is -2.09. The fraction of sp³-hybridized carbons (Fsp3) is 0.133. The summed E-state index contributed by atoms with van der Waals surface area (Å²) in [6.45, 7) is 0. The highest BCUT2D eigenvalue weighted by Crippen LogP contribution is 2.20. The third-order valence-electron chi connectivity index (χ3n) is 2.89. The zero-order valence-corrected chi connectivity index (χ0v) is 13.4. The lowest BCUT2D eigenvalue weighted by molar-refractivity contribution is -0.385. The van der Waals surface area contributed by atoms with Gasteiger partial charge in [0.25, 0.3) is 5.69 Å². The van der Waals surface area contributed by atoms with Crippen molar-refractivity contribution < 1.29 is 19.2 Å². The molecular formula is C15H13N3O5S. The number of ether oxygens (including phenoxy) is 1. The van der Waals surface area contributed by atoms with E-state index in [4.69, 9.17) is 0 Å². The van der Waals surface area contributed by atoms with E-state index in [0.29, 0.717) is 10.7 Å². The number of pyridine rings is 1. The first-order valence-electron chi connectivity index (χ1n) is 6.71. The van der Waals surface area contributed by atoms with Crippen molar-refractivity contribution in [2.45, 2.75) is 5.03 Å². The van der Waals surface area contributed by atoms with Gasteiger partial charge in [0, 0.05) is 6.07 Å². The molecule has 0 radical (unpaired) electrons. The zero-order chi connectivity index (χ0) is 17.5. The van der Waals surface area contributed by atoms with Crippen molar-refractivity contribution in [3.63, 3.8) is 0 Å². The number of anilines is 1. The van der Waals surface area contributed by atoms with Gasteiger partial charge >= 0.3 is 5.97 Å². The van der Waals surface area contributed by atoms with Crippen LogP contribution in [-0.4, -0.2) is 34.6 Å². The van der Waals surface area contributed by atoms with Crippen LogP contribution in [0.5, 0.6) is 0 Å². The number of methoxy groups -OCH3 is 1. The van der Waals surface area contributed by atoms with Crippen LogP contribution >= 0.6 is 11.8 Å². The lowest BCUT2D eigenvalue weighted by Crippen LogP contribution is -2.17. The summed E-state index contributed by atoms with van der Waals surface area (Å²) < 4.78 is 4.66. The molecule has 0 bridgehead atoms. The number of nitro groups is 1. The third kappa shape index (κ3) is 4.53. The SMILES string of the molecule is COC(=O)c1ccccc1NC(=O)CSc1ccc([N+](=O)[O-])cn1. The number of rotatable bonds is 6. The summed E-state index contributed by atoms with van der Waals surface area (Å²) in [5.74, 6) is -0.840. The number of nitrogens with one attached hydrogen (secondary N) is 1. The zero-order valence-electron chi connectivity index (χ0n) is 12.6. The largest absolute Gasteiger partial charge is 0.465 e. The standard InChI is InChI=1S/C15H13N3O5S/c1-23-15(20)11-4-2-3-5-12(11)17-13(19)9-24-14-7-6-10(8-16-14)18(21)22/h2-8H,9H2,1H3,(H,17,19). The highest BCUT2D eigenvalue weighted by molar-refractivity contribution is 7.99. The second-order valence-electron chi connectivity index (χ2n) is 4.49. The second-order valence-corrected chi connectivity index (χ2v) is 5.48. The molecule has 1 amide bonds. The molecule has 1 heterocycles. The average molecular weight is 347 g/mol.